The number of hydrogen-bond donors (Lipinski definition) is 1. The summed E-state index contributed by atoms with van der Waals surface area (Å²) >= 11 is 11.9. The van der Waals surface area contributed by atoms with E-state index in [0.717, 1.165) is 11.1 Å². The summed E-state index contributed by atoms with van der Waals surface area (Å²) in [7, 11) is 0. The number of nitrogens with one attached hydrogen (secondary N) is 1. The largest absolute Gasteiger partial charge is 0.480 e. The third-order valence-electron chi connectivity index (χ3n) is 3.47. The molecule has 0 unspecified atom stereocenters. The molecule has 0 saturated heterocycles. The number of anilines is 1. The van der Waals surface area contributed by atoms with Crippen molar-refractivity contribution in [3.05, 3.63) is 57.6 Å². The maximum atomic E-state index is 12.5. The molecule has 0 aromatic heterocycles. The summed E-state index contributed by atoms with van der Waals surface area (Å²) in [5, 5.41) is 3.70. The van der Waals surface area contributed by atoms with Crippen LogP contribution in [-0.2, 0) is 4.79 Å². The van der Waals surface area contributed by atoms with E-state index in [2.05, 4.69) is 5.32 Å². The second kappa shape index (κ2) is 7.71. The van der Waals surface area contributed by atoms with Gasteiger partial charge >= 0.3 is 0 Å². The molecular formula is C18H19Cl2NO2. The minimum atomic E-state index is -0.595. The molecule has 0 heterocycles. The van der Waals surface area contributed by atoms with Gasteiger partial charge in [-0.25, -0.2) is 0 Å². The molecule has 23 heavy (non-hydrogen) atoms. The van der Waals surface area contributed by atoms with Crippen molar-refractivity contribution in [2.45, 2.75) is 33.3 Å². The summed E-state index contributed by atoms with van der Waals surface area (Å²) in [6, 6.07) is 10.9. The molecule has 1 N–H and O–H groups in total. The average Bonchev–Trinajstić information content (AvgIpc) is 2.50. The van der Waals surface area contributed by atoms with Gasteiger partial charge in [0.15, 0.2) is 6.10 Å². The van der Waals surface area contributed by atoms with Crippen LogP contribution in [0.4, 0.5) is 5.69 Å². The number of aryl methyl sites for hydroxylation is 2. The first-order valence-electron chi connectivity index (χ1n) is 7.40. The Balaban J connectivity index is 2.13. The molecule has 0 bridgehead atoms. The van der Waals surface area contributed by atoms with Crippen LogP contribution in [0.1, 0.15) is 24.5 Å². The Morgan fingerprint density at radius 3 is 2.57 bits per heavy atom. The predicted molar refractivity (Wildman–Crippen MR) is 95.7 cm³/mol. The Morgan fingerprint density at radius 1 is 1.17 bits per heavy atom. The molecule has 1 amide bonds. The lowest BCUT2D eigenvalue weighted by molar-refractivity contribution is -0.122. The predicted octanol–water partition coefficient (Wildman–Crippen LogP) is 5.41. The Kier molecular flexibility index (Phi) is 5.91. The normalized spacial score (nSPS) is 11.9. The van der Waals surface area contributed by atoms with Crippen molar-refractivity contribution >= 4 is 34.8 Å². The summed E-state index contributed by atoms with van der Waals surface area (Å²) in [6.07, 6.45) is -0.0491. The van der Waals surface area contributed by atoms with Crippen molar-refractivity contribution in [2.75, 3.05) is 5.32 Å². The second-order valence-corrected chi connectivity index (χ2v) is 6.24. The lowest BCUT2D eigenvalue weighted by Crippen LogP contribution is -2.32. The summed E-state index contributed by atoms with van der Waals surface area (Å²) in [4.78, 5) is 12.5. The fourth-order valence-corrected chi connectivity index (χ4v) is 2.57. The first-order chi connectivity index (χ1) is 10.9. The molecule has 2 aromatic rings. The van der Waals surface area contributed by atoms with Crippen molar-refractivity contribution in [1.29, 1.82) is 0 Å². The highest BCUT2D eigenvalue weighted by Gasteiger charge is 2.20. The van der Waals surface area contributed by atoms with E-state index in [1.165, 1.54) is 0 Å². The third kappa shape index (κ3) is 4.63. The monoisotopic (exact) mass is 351 g/mol. The van der Waals surface area contributed by atoms with Crippen molar-refractivity contribution < 1.29 is 9.53 Å². The molecule has 0 aliphatic rings. The highest BCUT2D eigenvalue weighted by atomic mass is 35.5. The van der Waals surface area contributed by atoms with Crippen LogP contribution in [0.5, 0.6) is 5.75 Å². The van der Waals surface area contributed by atoms with E-state index in [1.54, 1.807) is 18.2 Å². The number of hydrogen-bond acceptors (Lipinski definition) is 2. The quantitative estimate of drug-likeness (QED) is 0.782. The van der Waals surface area contributed by atoms with Crippen LogP contribution in [0.15, 0.2) is 36.4 Å². The van der Waals surface area contributed by atoms with E-state index >= 15 is 0 Å². The molecule has 0 aliphatic carbocycles. The van der Waals surface area contributed by atoms with E-state index in [0.29, 0.717) is 27.9 Å². The first-order valence-corrected chi connectivity index (χ1v) is 8.16. The molecule has 5 heteroatoms. The van der Waals surface area contributed by atoms with Gasteiger partial charge in [-0.15, -0.1) is 0 Å². The van der Waals surface area contributed by atoms with Crippen LogP contribution in [0, 0.1) is 13.8 Å². The van der Waals surface area contributed by atoms with Crippen molar-refractivity contribution in [3.63, 3.8) is 0 Å². The van der Waals surface area contributed by atoms with Crippen LogP contribution in [0.25, 0.3) is 0 Å². The van der Waals surface area contributed by atoms with Gasteiger partial charge in [-0.2, -0.15) is 0 Å². The fraction of sp³-hybridized carbons (Fsp3) is 0.278. The van der Waals surface area contributed by atoms with Gasteiger partial charge in [0.1, 0.15) is 5.75 Å². The van der Waals surface area contributed by atoms with Crippen LogP contribution in [0.2, 0.25) is 10.0 Å². The molecule has 2 aromatic carbocycles. The van der Waals surface area contributed by atoms with E-state index in [9.17, 15) is 4.79 Å². The van der Waals surface area contributed by atoms with Crippen molar-refractivity contribution in [2.24, 2.45) is 0 Å². The van der Waals surface area contributed by atoms with E-state index < -0.39 is 6.10 Å². The number of halogens is 2. The number of carbonyl (C=O) groups excluding carboxylic acids is 1. The Bertz CT molecular complexity index is 716. The lowest BCUT2D eigenvalue weighted by atomic mass is 10.1. The Morgan fingerprint density at radius 2 is 1.91 bits per heavy atom. The van der Waals surface area contributed by atoms with Gasteiger partial charge in [0, 0.05) is 5.02 Å². The summed E-state index contributed by atoms with van der Waals surface area (Å²) in [5.74, 6) is 0.479. The zero-order valence-corrected chi connectivity index (χ0v) is 14.8. The molecule has 0 fully saturated rings. The summed E-state index contributed by atoms with van der Waals surface area (Å²) < 4.78 is 5.89. The van der Waals surface area contributed by atoms with Crippen LogP contribution < -0.4 is 10.1 Å². The highest BCUT2D eigenvalue weighted by molar-refractivity contribution is 6.36. The molecule has 0 aliphatic heterocycles. The standard InChI is InChI=1S/C18H19Cl2NO2/c1-4-16(23-17-9-11(2)5-6-12(17)3)18(22)21-15-8-7-13(19)10-14(15)20/h5-10,16H,4H2,1-3H3,(H,21,22)/t16-/m0/s1. The third-order valence-corrected chi connectivity index (χ3v) is 4.01. The van der Waals surface area contributed by atoms with Crippen LogP contribution in [-0.4, -0.2) is 12.0 Å². The number of ether oxygens (including phenoxy) is 1. The second-order valence-electron chi connectivity index (χ2n) is 5.40. The average molecular weight is 352 g/mol. The molecule has 3 nitrogen and oxygen atoms in total. The smallest absolute Gasteiger partial charge is 0.265 e. The molecule has 1 atom stereocenters. The first kappa shape index (κ1) is 17.6. The topological polar surface area (TPSA) is 38.3 Å². The van der Waals surface area contributed by atoms with E-state index in [1.807, 2.05) is 39.0 Å². The fourth-order valence-electron chi connectivity index (χ4n) is 2.11. The van der Waals surface area contributed by atoms with Gasteiger partial charge in [0.25, 0.3) is 5.91 Å². The molecule has 0 spiro atoms. The van der Waals surface area contributed by atoms with Crippen LogP contribution in [0.3, 0.4) is 0 Å². The van der Waals surface area contributed by atoms with Gasteiger partial charge in [-0.05, 0) is 55.7 Å². The van der Waals surface area contributed by atoms with E-state index in [4.69, 9.17) is 27.9 Å². The summed E-state index contributed by atoms with van der Waals surface area (Å²) in [5.41, 5.74) is 2.59. The maximum absolute atomic E-state index is 12.5. The maximum Gasteiger partial charge on any atom is 0.265 e. The zero-order valence-electron chi connectivity index (χ0n) is 13.3. The number of rotatable bonds is 5. The minimum Gasteiger partial charge on any atom is -0.480 e. The molecule has 2 rings (SSSR count). The Labute approximate surface area is 146 Å². The molecular weight excluding hydrogens is 333 g/mol. The minimum absolute atomic E-state index is 0.238. The van der Waals surface area contributed by atoms with Gasteiger partial charge < -0.3 is 10.1 Å². The van der Waals surface area contributed by atoms with Gasteiger partial charge in [-0.3, -0.25) is 4.79 Å². The highest BCUT2D eigenvalue weighted by Crippen LogP contribution is 2.26. The van der Waals surface area contributed by atoms with E-state index in [-0.39, 0.29) is 5.91 Å². The lowest BCUT2D eigenvalue weighted by Gasteiger charge is -2.19. The molecule has 0 radical (unpaired) electrons. The van der Waals surface area contributed by atoms with Crippen molar-refractivity contribution in [1.82, 2.24) is 0 Å². The van der Waals surface area contributed by atoms with Gasteiger partial charge in [0.05, 0.1) is 10.7 Å². The van der Waals surface area contributed by atoms with Gasteiger partial charge in [-0.1, -0.05) is 42.3 Å². The SMILES string of the molecule is CC[C@H](Oc1cc(C)ccc1C)C(=O)Nc1ccc(Cl)cc1Cl. The number of benzene rings is 2. The molecule has 122 valence electrons. The zero-order chi connectivity index (χ0) is 17.0. The summed E-state index contributed by atoms with van der Waals surface area (Å²) in [6.45, 7) is 5.84. The van der Waals surface area contributed by atoms with Gasteiger partial charge in [0.2, 0.25) is 0 Å². The molecule has 0 saturated carbocycles. The Hall–Kier alpha value is -1.71. The number of carbonyl (C=O) groups is 1. The number of amides is 1. The van der Waals surface area contributed by atoms with Crippen LogP contribution >= 0.6 is 23.2 Å². The van der Waals surface area contributed by atoms with Crippen molar-refractivity contribution in [3.8, 4) is 5.75 Å².